The summed E-state index contributed by atoms with van der Waals surface area (Å²) >= 11 is 0. The maximum atomic E-state index is 11.5. The van der Waals surface area contributed by atoms with Crippen molar-refractivity contribution >= 4 is 0 Å². The van der Waals surface area contributed by atoms with Crippen molar-refractivity contribution in [2.75, 3.05) is 6.61 Å². The van der Waals surface area contributed by atoms with Crippen LogP contribution >= 0.6 is 0 Å². The monoisotopic (exact) mass is 252 g/mol. The fourth-order valence-corrected chi connectivity index (χ4v) is 2.85. The molecule has 2 N–H and O–H groups in total. The van der Waals surface area contributed by atoms with E-state index in [2.05, 4.69) is 16.9 Å². The Labute approximate surface area is 106 Å². The van der Waals surface area contributed by atoms with Crippen LogP contribution in [0, 0.1) is 5.92 Å². The average molecular weight is 252 g/mol. The minimum Gasteiger partial charge on any atom is -0.493 e. The van der Waals surface area contributed by atoms with E-state index in [-0.39, 0.29) is 11.4 Å². The Kier molecular flexibility index (Phi) is 3.71. The summed E-state index contributed by atoms with van der Waals surface area (Å²) in [5, 5.41) is 9.49. The number of aromatic nitrogens is 2. The molecule has 5 nitrogen and oxygen atoms in total. The van der Waals surface area contributed by atoms with E-state index in [1.807, 2.05) is 6.92 Å². The molecule has 1 fully saturated rings. The lowest BCUT2D eigenvalue weighted by atomic mass is 9.78. The maximum absolute atomic E-state index is 11.5. The Morgan fingerprint density at radius 3 is 3.06 bits per heavy atom. The van der Waals surface area contributed by atoms with Gasteiger partial charge in [-0.25, -0.2) is 0 Å². The van der Waals surface area contributed by atoms with Gasteiger partial charge in [-0.05, 0) is 32.1 Å². The van der Waals surface area contributed by atoms with Gasteiger partial charge in [-0.2, -0.15) is 4.98 Å². The first-order valence-electron chi connectivity index (χ1n) is 6.50. The summed E-state index contributed by atoms with van der Waals surface area (Å²) in [6.45, 7) is 4.67. The smallest absolute Gasteiger partial charge is 0.254 e. The molecule has 1 aromatic rings. The third-order valence-corrected chi connectivity index (χ3v) is 3.54. The number of ether oxygens (including phenoxy) is 1. The molecule has 0 aromatic carbocycles. The standard InChI is InChI=1S/C13H20N2O3/c1-3-18-13(6-4-5-9(2)8-13)12-14-10(16)7-11(17)15-12/h7,9H,3-6,8H2,1-2H3,(H2,14,15,16,17). The molecule has 2 atom stereocenters. The van der Waals surface area contributed by atoms with Crippen molar-refractivity contribution < 1.29 is 9.84 Å². The summed E-state index contributed by atoms with van der Waals surface area (Å²) < 4.78 is 5.89. The first-order valence-corrected chi connectivity index (χ1v) is 6.50. The van der Waals surface area contributed by atoms with Crippen molar-refractivity contribution in [1.29, 1.82) is 0 Å². The fraction of sp³-hybridized carbons (Fsp3) is 0.692. The highest BCUT2D eigenvalue weighted by Gasteiger charge is 2.39. The number of H-pyrrole nitrogens is 1. The van der Waals surface area contributed by atoms with E-state index in [0.717, 1.165) is 31.7 Å². The van der Waals surface area contributed by atoms with E-state index in [0.29, 0.717) is 18.3 Å². The molecule has 2 rings (SSSR count). The molecule has 0 saturated heterocycles. The van der Waals surface area contributed by atoms with Gasteiger partial charge in [-0.15, -0.1) is 0 Å². The normalized spacial score (nSPS) is 28.2. The minimum atomic E-state index is -0.551. The molecule has 0 aliphatic heterocycles. The number of rotatable bonds is 3. The van der Waals surface area contributed by atoms with Crippen molar-refractivity contribution in [2.45, 2.75) is 45.1 Å². The molecule has 1 aliphatic rings. The molecule has 1 aliphatic carbocycles. The second-order valence-electron chi connectivity index (χ2n) is 5.08. The van der Waals surface area contributed by atoms with E-state index in [1.165, 1.54) is 0 Å². The van der Waals surface area contributed by atoms with Crippen LogP contribution in [0.15, 0.2) is 10.9 Å². The SMILES string of the molecule is CCOC1(c2nc(O)cc(=O)[nH]2)CCCC(C)C1. The summed E-state index contributed by atoms with van der Waals surface area (Å²) in [7, 11) is 0. The van der Waals surface area contributed by atoms with Crippen molar-refractivity contribution in [1.82, 2.24) is 9.97 Å². The third kappa shape index (κ3) is 2.56. The van der Waals surface area contributed by atoms with E-state index in [4.69, 9.17) is 4.74 Å². The van der Waals surface area contributed by atoms with Crippen LogP contribution in [0.5, 0.6) is 5.88 Å². The van der Waals surface area contributed by atoms with Gasteiger partial charge in [0.1, 0.15) is 11.4 Å². The zero-order chi connectivity index (χ0) is 13.2. The Morgan fingerprint density at radius 1 is 1.67 bits per heavy atom. The topological polar surface area (TPSA) is 75.2 Å². The van der Waals surface area contributed by atoms with Crippen LogP contribution in [0.2, 0.25) is 0 Å². The van der Waals surface area contributed by atoms with E-state index < -0.39 is 5.60 Å². The van der Waals surface area contributed by atoms with Crippen molar-refractivity contribution in [3.63, 3.8) is 0 Å². The zero-order valence-corrected chi connectivity index (χ0v) is 10.9. The van der Waals surface area contributed by atoms with Crippen LogP contribution in [-0.4, -0.2) is 21.7 Å². The predicted molar refractivity (Wildman–Crippen MR) is 67.5 cm³/mol. The Hall–Kier alpha value is -1.36. The van der Waals surface area contributed by atoms with Crippen LogP contribution in [0.25, 0.3) is 0 Å². The maximum Gasteiger partial charge on any atom is 0.254 e. The molecule has 2 unspecified atom stereocenters. The van der Waals surface area contributed by atoms with Crippen LogP contribution in [0.1, 0.15) is 45.4 Å². The quantitative estimate of drug-likeness (QED) is 0.861. The lowest BCUT2D eigenvalue weighted by Crippen LogP contribution is -2.38. The molecule has 1 saturated carbocycles. The van der Waals surface area contributed by atoms with E-state index >= 15 is 0 Å². The number of hydrogen-bond donors (Lipinski definition) is 2. The van der Waals surface area contributed by atoms with Crippen molar-refractivity contribution in [3.8, 4) is 5.88 Å². The summed E-state index contributed by atoms with van der Waals surface area (Å²) in [4.78, 5) is 18.2. The van der Waals surface area contributed by atoms with Crippen LogP contribution in [0.4, 0.5) is 0 Å². The molecular weight excluding hydrogens is 232 g/mol. The van der Waals surface area contributed by atoms with Gasteiger partial charge >= 0.3 is 0 Å². The number of nitrogens with zero attached hydrogens (tertiary/aromatic N) is 1. The predicted octanol–water partition coefficient (Wildman–Crippen LogP) is 1.92. The van der Waals surface area contributed by atoms with Gasteiger partial charge in [0.25, 0.3) is 5.56 Å². The largest absolute Gasteiger partial charge is 0.493 e. The van der Waals surface area contributed by atoms with Crippen LogP contribution in [-0.2, 0) is 10.3 Å². The second-order valence-corrected chi connectivity index (χ2v) is 5.08. The van der Waals surface area contributed by atoms with Gasteiger partial charge in [-0.1, -0.05) is 13.3 Å². The van der Waals surface area contributed by atoms with Gasteiger partial charge in [0.2, 0.25) is 5.88 Å². The highest BCUT2D eigenvalue weighted by molar-refractivity contribution is 5.13. The molecule has 1 heterocycles. The molecule has 0 spiro atoms. The highest BCUT2D eigenvalue weighted by Crippen LogP contribution is 2.41. The number of aromatic hydroxyl groups is 1. The molecule has 18 heavy (non-hydrogen) atoms. The third-order valence-electron chi connectivity index (χ3n) is 3.54. The molecule has 0 amide bonds. The Balaban J connectivity index is 2.42. The molecule has 1 aromatic heterocycles. The van der Waals surface area contributed by atoms with Gasteiger partial charge in [0.05, 0.1) is 6.07 Å². The van der Waals surface area contributed by atoms with Crippen molar-refractivity contribution in [2.24, 2.45) is 5.92 Å². The second kappa shape index (κ2) is 5.10. The molecule has 0 bridgehead atoms. The van der Waals surface area contributed by atoms with E-state index in [1.54, 1.807) is 0 Å². The Bertz CT molecular complexity index is 468. The fourth-order valence-electron chi connectivity index (χ4n) is 2.85. The molecule has 5 heteroatoms. The minimum absolute atomic E-state index is 0.244. The van der Waals surface area contributed by atoms with Gasteiger partial charge in [0, 0.05) is 6.61 Å². The van der Waals surface area contributed by atoms with Crippen LogP contribution in [0.3, 0.4) is 0 Å². The molecule has 100 valence electrons. The summed E-state index contributed by atoms with van der Waals surface area (Å²) in [6, 6.07) is 1.08. The molecular formula is C13H20N2O3. The van der Waals surface area contributed by atoms with Gasteiger partial charge < -0.3 is 14.8 Å². The van der Waals surface area contributed by atoms with Crippen LogP contribution < -0.4 is 5.56 Å². The van der Waals surface area contributed by atoms with Gasteiger partial charge in [0.15, 0.2) is 0 Å². The lowest BCUT2D eigenvalue weighted by Gasteiger charge is -2.38. The van der Waals surface area contributed by atoms with Crippen molar-refractivity contribution in [3.05, 3.63) is 22.2 Å². The zero-order valence-electron chi connectivity index (χ0n) is 10.9. The first-order chi connectivity index (χ1) is 8.55. The first kappa shape index (κ1) is 13.1. The van der Waals surface area contributed by atoms with E-state index in [9.17, 15) is 9.90 Å². The Morgan fingerprint density at radius 2 is 2.44 bits per heavy atom. The molecule has 0 radical (unpaired) electrons. The number of nitrogens with one attached hydrogen (secondary N) is 1. The number of aromatic amines is 1. The number of hydrogen-bond acceptors (Lipinski definition) is 4. The summed E-state index contributed by atoms with van der Waals surface area (Å²) in [6.07, 6.45) is 3.86. The lowest BCUT2D eigenvalue weighted by molar-refractivity contribution is -0.0885. The average Bonchev–Trinajstić information content (AvgIpc) is 2.28. The highest BCUT2D eigenvalue weighted by atomic mass is 16.5. The summed E-state index contributed by atoms with van der Waals surface area (Å²) in [5.74, 6) is 0.741. The van der Waals surface area contributed by atoms with Gasteiger partial charge in [-0.3, -0.25) is 4.79 Å². The summed E-state index contributed by atoms with van der Waals surface area (Å²) in [5.41, 5.74) is -0.889.